The van der Waals surface area contributed by atoms with E-state index in [1.54, 1.807) is 6.07 Å². The van der Waals surface area contributed by atoms with E-state index in [1.165, 1.54) is 6.07 Å². The van der Waals surface area contributed by atoms with Crippen LogP contribution in [0.4, 0.5) is 18.9 Å². The molecule has 1 aromatic carbocycles. The highest BCUT2D eigenvalue weighted by Crippen LogP contribution is 2.24. The van der Waals surface area contributed by atoms with Crippen LogP contribution < -0.4 is 4.74 Å². The number of nitrogens with zero attached hydrogens (tertiary/aromatic N) is 2. The third-order valence-electron chi connectivity index (χ3n) is 2.16. The van der Waals surface area contributed by atoms with Crippen molar-refractivity contribution in [1.29, 1.82) is 5.26 Å². The van der Waals surface area contributed by atoms with E-state index >= 15 is 0 Å². The predicted molar refractivity (Wildman–Crippen MR) is 58.6 cm³/mol. The Labute approximate surface area is 106 Å². The molecule has 0 bridgehead atoms. The van der Waals surface area contributed by atoms with E-state index in [0.29, 0.717) is 0 Å². The van der Waals surface area contributed by atoms with Crippen molar-refractivity contribution in [2.75, 3.05) is 6.61 Å². The van der Waals surface area contributed by atoms with Gasteiger partial charge in [-0.05, 0) is 12.5 Å². The lowest BCUT2D eigenvalue weighted by Gasteiger charge is -2.08. The van der Waals surface area contributed by atoms with Gasteiger partial charge in [0.1, 0.15) is 17.4 Å². The molecule has 1 rings (SSSR count). The van der Waals surface area contributed by atoms with Gasteiger partial charge in [0.15, 0.2) is 0 Å². The average Bonchev–Trinajstić information content (AvgIpc) is 2.33. The van der Waals surface area contributed by atoms with E-state index in [1.807, 2.05) is 0 Å². The smallest absolute Gasteiger partial charge is 0.389 e. The van der Waals surface area contributed by atoms with Crippen LogP contribution in [-0.2, 0) is 0 Å². The second kappa shape index (κ2) is 6.04. The molecule has 0 saturated carbocycles. The minimum atomic E-state index is -4.24. The van der Waals surface area contributed by atoms with Gasteiger partial charge < -0.3 is 4.74 Å². The zero-order valence-corrected chi connectivity index (χ0v) is 9.61. The van der Waals surface area contributed by atoms with Crippen molar-refractivity contribution in [3.05, 3.63) is 33.9 Å². The number of benzene rings is 1. The summed E-state index contributed by atoms with van der Waals surface area (Å²) >= 11 is 0. The molecule has 0 N–H and O–H groups in total. The number of nitro groups is 1. The molecule has 0 amide bonds. The molecule has 0 spiro atoms. The first-order valence-corrected chi connectivity index (χ1v) is 5.21. The van der Waals surface area contributed by atoms with Crippen molar-refractivity contribution < 1.29 is 22.8 Å². The van der Waals surface area contributed by atoms with Crippen LogP contribution in [0, 0.1) is 21.4 Å². The van der Waals surface area contributed by atoms with Crippen molar-refractivity contribution in [3.63, 3.8) is 0 Å². The van der Waals surface area contributed by atoms with Crippen molar-refractivity contribution in [3.8, 4) is 11.8 Å². The molecule has 0 aliphatic carbocycles. The van der Waals surface area contributed by atoms with E-state index < -0.39 is 17.5 Å². The molecule has 19 heavy (non-hydrogen) atoms. The zero-order valence-electron chi connectivity index (χ0n) is 9.61. The summed E-state index contributed by atoms with van der Waals surface area (Å²) in [5.41, 5.74) is -0.566. The maximum Gasteiger partial charge on any atom is 0.389 e. The highest BCUT2D eigenvalue weighted by molar-refractivity contribution is 5.52. The fraction of sp³-hybridized carbons (Fsp3) is 0.364. The molecule has 0 unspecified atom stereocenters. The summed E-state index contributed by atoms with van der Waals surface area (Å²) in [6, 6.07) is 5.08. The van der Waals surface area contributed by atoms with Crippen molar-refractivity contribution in [2.24, 2.45) is 0 Å². The first-order valence-electron chi connectivity index (χ1n) is 5.21. The molecule has 5 nitrogen and oxygen atoms in total. The molecule has 0 radical (unpaired) electrons. The predicted octanol–water partition coefficient (Wildman–Crippen LogP) is 3.19. The number of hydrogen-bond acceptors (Lipinski definition) is 4. The Morgan fingerprint density at radius 2 is 2.11 bits per heavy atom. The van der Waals surface area contributed by atoms with Crippen LogP contribution in [0.15, 0.2) is 18.2 Å². The molecule has 1 aromatic rings. The summed E-state index contributed by atoms with van der Waals surface area (Å²) in [5.74, 6) is 0.129. The summed E-state index contributed by atoms with van der Waals surface area (Å²) in [6.07, 6.45) is -5.43. The molecule has 0 aliphatic rings. The monoisotopic (exact) mass is 274 g/mol. The van der Waals surface area contributed by atoms with Gasteiger partial charge in [0.25, 0.3) is 5.69 Å². The van der Waals surface area contributed by atoms with Gasteiger partial charge in [-0.2, -0.15) is 18.4 Å². The van der Waals surface area contributed by atoms with Crippen LogP contribution in [-0.4, -0.2) is 17.7 Å². The Bertz CT molecular complexity index is 509. The van der Waals surface area contributed by atoms with E-state index in [2.05, 4.69) is 0 Å². The Balaban J connectivity index is 2.61. The molecule has 102 valence electrons. The third-order valence-corrected chi connectivity index (χ3v) is 2.16. The molecule has 0 atom stereocenters. The number of halogens is 3. The lowest BCUT2D eigenvalue weighted by atomic mass is 10.2. The van der Waals surface area contributed by atoms with Crippen LogP contribution >= 0.6 is 0 Å². The fourth-order valence-corrected chi connectivity index (χ4v) is 1.32. The maximum atomic E-state index is 11.9. The van der Waals surface area contributed by atoms with Gasteiger partial charge in [0, 0.05) is 18.6 Å². The van der Waals surface area contributed by atoms with Gasteiger partial charge in [-0.1, -0.05) is 0 Å². The third kappa shape index (κ3) is 4.83. The Morgan fingerprint density at radius 3 is 2.63 bits per heavy atom. The average molecular weight is 274 g/mol. The van der Waals surface area contributed by atoms with Crippen LogP contribution in [0.5, 0.6) is 5.75 Å². The zero-order chi connectivity index (χ0) is 14.5. The molecule has 0 fully saturated rings. The number of rotatable bonds is 5. The maximum absolute atomic E-state index is 11.9. The van der Waals surface area contributed by atoms with Gasteiger partial charge in [0.05, 0.1) is 11.5 Å². The minimum Gasteiger partial charge on any atom is -0.494 e. The van der Waals surface area contributed by atoms with Gasteiger partial charge in [-0.25, -0.2) is 0 Å². The molecule has 0 saturated heterocycles. The molecule has 0 aromatic heterocycles. The normalized spacial score (nSPS) is 10.8. The SMILES string of the molecule is N#Cc1cc(OCCCC(F)(F)F)ccc1[N+](=O)[O-]. The molecular formula is C11H9F3N2O3. The molecule has 8 heteroatoms. The highest BCUT2D eigenvalue weighted by atomic mass is 19.4. The van der Waals surface area contributed by atoms with Gasteiger partial charge in [0.2, 0.25) is 0 Å². The quantitative estimate of drug-likeness (QED) is 0.469. The van der Waals surface area contributed by atoms with Crippen LogP contribution in [0.1, 0.15) is 18.4 Å². The Morgan fingerprint density at radius 1 is 1.42 bits per heavy atom. The van der Waals surface area contributed by atoms with E-state index in [4.69, 9.17) is 10.00 Å². The Hall–Kier alpha value is -2.30. The van der Waals surface area contributed by atoms with Gasteiger partial charge in [-0.3, -0.25) is 10.1 Å². The van der Waals surface area contributed by atoms with Crippen LogP contribution in [0.3, 0.4) is 0 Å². The number of nitriles is 1. The summed E-state index contributed by atoms with van der Waals surface area (Å²) in [6.45, 7) is -0.178. The van der Waals surface area contributed by atoms with E-state index in [0.717, 1.165) is 12.1 Å². The number of ether oxygens (including phenoxy) is 1. The first-order chi connectivity index (χ1) is 8.83. The summed E-state index contributed by atoms with van der Waals surface area (Å²) in [4.78, 5) is 9.84. The van der Waals surface area contributed by atoms with Crippen molar-refractivity contribution >= 4 is 5.69 Å². The lowest BCUT2D eigenvalue weighted by Crippen LogP contribution is -2.09. The molecular weight excluding hydrogens is 265 g/mol. The van der Waals surface area contributed by atoms with E-state index in [9.17, 15) is 23.3 Å². The number of nitro benzene ring substituents is 1. The van der Waals surface area contributed by atoms with Crippen LogP contribution in [0.25, 0.3) is 0 Å². The van der Waals surface area contributed by atoms with Gasteiger partial charge >= 0.3 is 6.18 Å². The second-order valence-corrected chi connectivity index (χ2v) is 3.62. The Kier molecular flexibility index (Phi) is 4.69. The number of hydrogen-bond donors (Lipinski definition) is 0. The standard InChI is InChI=1S/C11H9F3N2O3/c12-11(13,14)4-1-5-19-9-2-3-10(16(17)18)8(6-9)7-15/h2-3,6H,1,4-5H2. The van der Waals surface area contributed by atoms with Crippen LogP contribution in [0.2, 0.25) is 0 Å². The van der Waals surface area contributed by atoms with Crippen molar-refractivity contribution in [1.82, 2.24) is 0 Å². The topological polar surface area (TPSA) is 76.2 Å². The number of alkyl halides is 3. The largest absolute Gasteiger partial charge is 0.494 e. The fourth-order valence-electron chi connectivity index (χ4n) is 1.32. The van der Waals surface area contributed by atoms with Gasteiger partial charge in [-0.15, -0.1) is 0 Å². The lowest BCUT2D eigenvalue weighted by molar-refractivity contribution is -0.385. The highest BCUT2D eigenvalue weighted by Gasteiger charge is 2.26. The van der Waals surface area contributed by atoms with E-state index in [-0.39, 0.29) is 30.0 Å². The summed E-state index contributed by atoms with van der Waals surface area (Å²) in [5, 5.41) is 19.3. The second-order valence-electron chi connectivity index (χ2n) is 3.62. The summed E-state index contributed by atoms with van der Waals surface area (Å²) < 4.78 is 40.6. The summed E-state index contributed by atoms with van der Waals surface area (Å²) in [7, 11) is 0. The van der Waals surface area contributed by atoms with Crippen molar-refractivity contribution in [2.45, 2.75) is 19.0 Å². The molecule has 0 aliphatic heterocycles. The molecule has 0 heterocycles. The minimum absolute atomic E-state index is 0.129. The first kappa shape index (κ1) is 14.8.